The van der Waals surface area contributed by atoms with Gasteiger partial charge in [-0.2, -0.15) is 0 Å². The van der Waals surface area contributed by atoms with Crippen molar-refractivity contribution >= 4 is 5.91 Å². The number of carbonyl (C=O) groups is 1. The maximum absolute atomic E-state index is 13.0. The molecule has 0 bridgehead atoms. The second kappa shape index (κ2) is 9.06. The average Bonchev–Trinajstić information content (AvgIpc) is 2.69. The second-order valence-corrected chi connectivity index (χ2v) is 7.38. The van der Waals surface area contributed by atoms with Crippen LogP contribution >= 0.6 is 0 Å². The van der Waals surface area contributed by atoms with E-state index >= 15 is 0 Å². The van der Waals surface area contributed by atoms with Crippen LogP contribution in [-0.4, -0.2) is 37.0 Å². The Morgan fingerprint density at radius 2 is 1.64 bits per heavy atom. The lowest BCUT2D eigenvalue weighted by Gasteiger charge is -2.36. The summed E-state index contributed by atoms with van der Waals surface area (Å²) in [7, 11) is 0. The lowest BCUT2D eigenvalue weighted by atomic mass is 9.68. The summed E-state index contributed by atoms with van der Waals surface area (Å²) in [5, 5.41) is 3.10. The molecule has 2 aliphatic rings. The van der Waals surface area contributed by atoms with Gasteiger partial charge in [0.15, 0.2) is 0 Å². The number of benzene rings is 1. The fourth-order valence-corrected chi connectivity index (χ4v) is 4.20. The number of amides is 1. The molecule has 1 aromatic carbocycles. The van der Waals surface area contributed by atoms with Crippen LogP contribution in [0.1, 0.15) is 56.9 Å². The van der Waals surface area contributed by atoms with Crippen LogP contribution in [-0.2, 0) is 10.2 Å². The molecule has 0 unspecified atom stereocenters. The highest BCUT2D eigenvalue weighted by molar-refractivity contribution is 5.88. The predicted octanol–water partition coefficient (Wildman–Crippen LogP) is 3.49. The van der Waals surface area contributed by atoms with Crippen molar-refractivity contribution in [3.05, 3.63) is 35.9 Å². The van der Waals surface area contributed by atoms with Crippen molar-refractivity contribution in [2.45, 2.75) is 56.8 Å². The van der Waals surface area contributed by atoms with Crippen molar-refractivity contribution in [1.29, 1.82) is 0 Å². The second-order valence-electron chi connectivity index (χ2n) is 7.38. The molecule has 1 heterocycles. The number of nitrogens with one attached hydrogen (secondary N) is 1. The Balaban J connectivity index is 1.56. The average molecular weight is 338 g/mol. The molecule has 0 spiro atoms. The van der Waals surface area contributed by atoms with Gasteiger partial charge in [-0.25, -0.2) is 0 Å². The molecule has 3 nitrogen and oxygen atoms in total. The highest BCUT2D eigenvalue weighted by Crippen LogP contribution is 2.39. The molecule has 2 fully saturated rings. The lowest BCUT2D eigenvalue weighted by Crippen LogP contribution is -2.46. The van der Waals surface area contributed by atoms with E-state index < -0.39 is 0 Å². The van der Waals surface area contributed by atoms with Crippen LogP contribution < -0.4 is 5.32 Å². The van der Waals surface area contributed by atoms with Gasteiger partial charge in [-0.15, -0.1) is 0 Å². The monoisotopic (exact) mass is 338 g/mol. The highest BCUT2D eigenvalue weighted by Gasteiger charge is 2.40. The summed E-state index contributed by atoms with van der Waals surface area (Å²) < 4.78 is 0. The van der Waals surface area contributed by atoms with Crippen LogP contribution in [0.4, 0.5) is 0 Å². The largest absolute Gasteiger partial charge is 0.344 e. The van der Waals surface area contributed by atoms with Crippen molar-refractivity contribution in [3.63, 3.8) is 0 Å². The van der Waals surface area contributed by atoms with Crippen molar-refractivity contribution < 1.29 is 4.79 Å². The minimum absolute atomic E-state index is 0.158. The first-order valence-corrected chi connectivity index (χ1v) is 9.83. The fraction of sp³-hybridized carbons (Fsp3) is 0.591. The van der Waals surface area contributed by atoms with Gasteiger partial charge >= 0.3 is 0 Å². The van der Waals surface area contributed by atoms with E-state index in [1.54, 1.807) is 0 Å². The molecule has 1 saturated carbocycles. The molecule has 1 aliphatic heterocycles. The zero-order chi connectivity index (χ0) is 17.4. The molecule has 1 aromatic rings. The van der Waals surface area contributed by atoms with Gasteiger partial charge in [0.1, 0.15) is 0 Å². The Morgan fingerprint density at radius 3 is 2.36 bits per heavy atom. The highest BCUT2D eigenvalue weighted by atomic mass is 16.2. The number of likely N-dealkylation sites (tertiary alicyclic amines) is 1. The molecular weight excluding hydrogens is 308 g/mol. The fourth-order valence-electron chi connectivity index (χ4n) is 4.20. The van der Waals surface area contributed by atoms with Crippen molar-refractivity contribution in [3.8, 4) is 11.8 Å². The lowest BCUT2D eigenvalue weighted by molar-refractivity contribution is -0.127. The Bertz CT molecular complexity index is 602. The van der Waals surface area contributed by atoms with Gasteiger partial charge in [-0.1, -0.05) is 67.9 Å². The third-order valence-corrected chi connectivity index (χ3v) is 5.68. The molecule has 1 N–H and O–H groups in total. The molecule has 0 aromatic heterocycles. The first-order valence-electron chi connectivity index (χ1n) is 9.83. The van der Waals surface area contributed by atoms with Crippen molar-refractivity contribution in [1.82, 2.24) is 10.2 Å². The van der Waals surface area contributed by atoms with E-state index in [1.165, 1.54) is 25.7 Å². The summed E-state index contributed by atoms with van der Waals surface area (Å²) in [5.41, 5.74) is 0.808. The number of hydrogen-bond acceptors (Lipinski definition) is 2. The smallest absolute Gasteiger partial charge is 0.231 e. The maximum atomic E-state index is 13.0. The quantitative estimate of drug-likeness (QED) is 0.852. The van der Waals surface area contributed by atoms with Gasteiger partial charge in [0.2, 0.25) is 5.91 Å². The molecule has 0 radical (unpaired) electrons. The van der Waals surface area contributed by atoms with Crippen LogP contribution in [0.3, 0.4) is 0 Å². The third kappa shape index (κ3) is 4.64. The minimum Gasteiger partial charge on any atom is -0.344 e. The summed E-state index contributed by atoms with van der Waals surface area (Å²) in [6, 6.07) is 10.3. The van der Waals surface area contributed by atoms with Crippen LogP contribution in [0.25, 0.3) is 0 Å². The number of carbonyl (C=O) groups excluding carboxylic acids is 1. The SMILES string of the molecule is O=C(NCC#CCN1CCCCC1)C1(c2ccccc2)CCCCC1. The number of hydrogen-bond donors (Lipinski definition) is 1. The maximum Gasteiger partial charge on any atom is 0.231 e. The number of piperidine rings is 1. The molecule has 25 heavy (non-hydrogen) atoms. The zero-order valence-corrected chi connectivity index (χ0v) is 15.2. The van der Waals surface area contributed by atoms with Crippen molar-refractivity contribution in [2.75, 3.05) is 26.2 Å². The normalized spacial score (nSPS) is 20.3. The Morgan fingerprint density at radius 1 is 0.960 bits per heavy atom. The molecular formula is C22H30N2O. The molecule has 1 saturated heterocycles. The standard InChI is InChI=1S/C22H30N2O/c25-21(23-16-8-11-19-24-17-9-3-10-18-24)22(14-6-2-7-15-22)20-12-4-1-5-13-20/h1,4-5,12-13H,2-3,6-7,9-10,14-19H2,(H,23,25). The predicted molar refractivity (Wildman–Crippen MR) is 102 cm³/mol. The molecule has 0 atom stereocenters. The van der Waals surface area contributed by atoms with Gasteiger partial charge in [0, 0.05) is 0 Å². The van der Waals surface area contributed by atoms with Crippen LogP contribution in [0.5, 0.6) is 0 Å². The van der Waals surface area contributed by atoms with Crippen LogP contribution in [0, 0.1) is 11.8 Å². The van der Waals surface area contributed by atoms with E-state index in [0.29, 0.717) is 6.54 Å². The van der Waals surface area contributed by atoms with Crippen LogP contribution in [0.15, 0.2) is 30.3 Å². The summed E-state index contributed by atoms with van der Waals surface area (Å²) in [4.78, 5) is 15.4. The van der Waals surface area contributed by atoms with Crippen LogP contribution in [0.2, 0.25) is 0 Å². The summed E-state index contributed by atoms with van der Waals surface area (Å²) in [6.07, 6.45) is 9.31. The Labute approximate surface area is 152 Å². The van der Waals surface area contributed by atoms with E-state index in [2.05, 4.69) is 34.2 Å². The van der Waals surface area contributed by atoms with E-state index in [0.717, 1.165) is 50.9 Å². The van der Waals surface area contributed by atoms with Gasteiger partial charge in [-0.05, 0) is 44.3 Å². The third-order valence-electron chi connectivity index (χ3n) is 5.68. The first kappa shape index (κ1) is 18.0. The van der Waals surface area contributed by atoms with E-state index in [9.17, 15) is 4.79 Å². The molecule has 1 amide bonds. The van der Waals surface area contributed by atoms with E-state index in [4.69, 9.17) is 0 Å². The number of rotatable bonds is 4. The van der Waals surface area contributed by atoms with Crippen molar-refractivity contribution in [2.24, 2.45) is 0 Å². The Hall–Kier alpha value is -1.79. The molecule has 3 heteroatoms. The molecule has 3 rings (SSSR count). The summed E-state index contributed by atoms with van der Waals surface area (Å²) in [5.74, 6) is 6.53. The van der Waals surface area contributed by atoms with Gasteiger partial charge in [0.05, 0.1) is 18.5 Å². The minimum atomic E-state index is -0.353. The zero-order valence-electron chi connectivity index (χ0n) is 15.2. The Kier molecular flexibility index (Phi) is 6.53. The molecule has 1 aliphatic carbocycles. The first-order chi connectivity index (χ1) is 12.3. The summed E-state index contributed by atoms with van der Waals surface area (Å²) >= 11 is 0. The van der Waals surface area contributed by atoms with E-state index in [-0.39, 0.29) is 11.3 Å². The van der Waals surface area contributed by atoms with Gasteiger partial charge in [-0.3, -0.25) is 9.69 Å². The summed E-state index contributed by atoms with van der Waals surface area (Å²) in [6.45, 7) is 3.62. The number of nitrogens with zero attached hydrogens (tertiary/aromatic N) is 1. The van der Waals surface area contributed by atoms with E-state index in [1.807, 2.05) is 18.2 Å². The van der Waals surface area contributed by atoms with Gasteiger partial charge in [0.25, 0.3) is 0 Å². The molecule has 134 valence electrons. The van der Waals surface area contributed by atoms with Gasteiger partial charge < -0.3 is 5.32 Å². The topological polar surface area (TPSA) is 32.3 Å².